The van der Waals surface area contributed by atoms with Gasteiger partial charge in [0.05, 0.1) is 6.10 Å². The largest absolute Gasteiger partial charge is 0.491 e. The van der Waals surface area contributed by atoms with E-state index in [1.165, 1.54) is 13.1 Å². The molecule has 2 aromatic carbocycles. The summed E-state index contributed by atoms with van der Waals surface area (Å²) >= 11 is 0. The highest BCUT2D eigenvalue weighted by Crippen LogP contribution is 2.25. The molecular formula is C24H26N2O4. The Bertz CT molecular complexity index is 1020. The van der Waals surface area contributed by atoms with E-state index in [0.717, 1.165) is 5.56 Å². The number of rotatable bonds is 8. The Morgan fingerprint density at radius 3 is 2.37 bits per heavy atom. The third-order valence-electron chi connectivity index (χ3n) is 4.17. The van der Waals surface area contributed by atoms with Gasteiger partial charge in [-0.3, -0.25) is 9.59 Å². The Kier molecular flexibility index (Phi) is 6.80. The number of amides is 1. The van der Waals surface area contributed by atoms with Gasteiger partial charge >= 0.3 is 0 Å². The van der Waals surface area contributed by atoms with Crippen molar-refractivity contribution in [3.05, 3.63) is 83.6 Å². The van der Waals surface area contributed by atoms with Gasteiger partial charge in [-0.2, -0.15) is 0 Å². The molecule has 0 saturated carbocycles. The summed E-state index contributed by atoms with van der Waals surface area (Å²) in [5.41, 5.74) is 1.89. The van der Waals surface area contributed by atoms with Crippen molar-refractivity contribution < 1.29 is 20.5 Å². The summed E-state index contributed by atoms with van der Waals surface area (Å²) in [4.78, 5) is 28.3. The van der Waals surface area contributed by atoms with Crippen LogP contribution in [0.1, 0.15) is 48.5 Å². The first-order valence-corrected chi connectivity index (χ1v) is 9.67. The number of nitrogens with zero attached hydrogens (tertiary/aromatic N) is 1. The molecule has 0 unspecified atom stereocenters. The third-order valence-corrected chi connectivity index (χ3v) is 4.17. The molecule has 1 aromatic heterocycles. The number of hydrogen-bond donors (Lipinski definition) is 1. The van der Waals surface area contributed by atoms with E-state index in [-0.39, 0.29) is 19.2 Å². The van der Waals surface area contributed by atoms with Crippen molar-refractivity contribution in [1.82, 2.24) is 4.98 Å². The minimum Gasteiger partial charge on any atom is -0.491 e. The minimum atomic E-state index is -0.350. The van der Waals surface area contributed by atoms with Gasteiger partial charge in [0.25, 0.3) is 5.91 Å². The van der Waals surface area contributed by atoms with Crippen molar-refractivity contribution in [1.29, 1.82) is 0 Å². The van der Waals surface area contributed by atoms with Crippen LogP contribution in [0.15, 0.2) is 66.9 Å². The monoisotopic (exact) mass is 406 g/mol. The molecule has 0 atom stereocenters. The van der Waals surface area contributed by atoms with Crippen LogP contribution in [-0.2, 0) is 6.61 Å². The molecule has 3 aromatic rings. The lowest BCUT2D eigenvalue weighted by atomic mass is 10.1. The SMILES string of the molecule is CC(=O)c1ccc(NC(=O)c2cc(OCc3ccccc3)cc(OC(C)C)c2)nc1.[HH]. The van der Waals surface area contributed by atoms with Gasteiger partial charge in [0.15, 0.2) is 5.78 Å². The highest BCUT2D eigenvalue weighted by atomic mass is 16.5. The van der Waals surface area contributed by atoms with E-state index in [0.29, 0.717) is 35.1 Å². The Labute approximate surface area is 177 Å². The highest BCUT2D eigenvalue weighted by molar-refractivity contribution is 6.04. The Hall–Kier alpha value is -3.67. The molecule has 0 aliphatic carbocycles. The quantitative estimate of drug-likeness (QED) is 0.524. The zero-order valence-corrected chi connectivity index (χ0v) is 17.2. The van der Waals surface area contributed by atoms with Crippen molar-refractivity contribution >= 4 is 17.5 Å². The van der Waals surface area contributed by atoms with Crippen molar-refractivity contribution in [2.75, 3.05) is 5.32 Å². The first kappa shape index (κ1) is 21.0. The molecule has 156 valence electrons. The molecule has 1 N–H and O–H groups in total. The van der Waals surface area contributed by atoms with Crippen LogP contribution >= 0.6 is 0 Å². The number of ketones is 1. The number of Topliss-reactive ketones (excluding diaryl/α,β-unsaturated/α-hetero) is 1. The van der Waals surface area contributed by atoms with Gasteiger partial charge in [0.1, 0.15) is 23.9 Å². The van der Waals surface area contributed by atoms with Crippen LogP contribution in [0.3, 0.4) is 0 Å². The van der Waals surface area contributed by atoms with Crippen LogP contribution in [0.5, 0.6) is 11.5 Å². The number of hydrogen-bond acceptors (Lipinski definition) is 5. The van der Waals surface area contributed by atoms with Crippen molar-refractivity contribution in [3.8, 4) is 11.5 Å². The number of ether oxygens (including phenoxy) is 2. The number of carbonyl (C=O) groups is 2. The molecule has 3 rings (SSSR count). The van der Waals surface area contributed by atoms with Crippen LogP contribution < -0.4 is 14.8 Å². The lowest BCUT2D eigenvalue weighted by Crippen LogP contribution is -2.14. The van der Waals surface area contributed by atoms with Gasteiger partial charge in [-0.05, 0) is 50.6 Å². The predicted molar refractivity (Wildman–Crippen MR) is 117 cm³/mol. The second-order valence-corrected chi connectivity index (χ2v) is 7.08. The zero-order chi connectivity index (χ0) is 21.5. The minimum absolute atomic E-state index is 0. The fraction of sp³-hybridized carbons (Fsp3) is 0.208. The second-order valence-electron chi connectivity index (χ2n) is 7.08. The number of nitrogens with one attached hydrogen (secondary N) is 1. The van der Waals surface area contributed by atoms with Crippen LogP contribution in [0.4, 0.5) is 5.82 Å². The van der Waals surface area contributed by atoms with Crippen LogP contribution in [0.2, 0.25) is 0 Å². The molecule has 1 heterocycles. The number of benzene rings is 2. The standard InChI is InChI=1S/C24H24N2O4.H2/c1-16(2)30-22-12-20(11-21(13-22)29-15-18-7-5-4-6-8-18)24(28)26-23-10-9-19(14-25-23)17(3)27;/h4-14,16H,15H2,1-3H3,(H,25,26,28);1H. The van der Waals surface area contributed by atoms with E-state index in [1.54, 1.807) is 30.3 Å². The molecule has 0 saturated heterocycles. The van der Waals surface area contributed by atoms with Gasteiger partial charge in [-0.1, -0.05) is 30.3 Å². The molecule has 0 spiro atoms. The Balaban J connectivity index is 0.00000341. The van der Waals surface area contributed by atoms with Crippen LogP contribution in [0, 0.1) is 0 Å². The summed E-state index contributed by atoms with van der Waals surface area (Å²) in [6.07, 6.45) is 1.39. The van der Waals surface area contributed by atoms with E-state index in [4.69, 9.17) is 9.47 Å². The molecular weight excluding hydrogens is 380 g/mol. The molecule has 1 amide bonds. The summed E-state index contributed by atoms with van der Waals surface area (Å²) in [5, 5.41) is 2.73. The molecule has 0 fully saturated rings. The summed E-state index contributed by atoms with van der Waals surface area (Å²) in [6, 6.07) is 18.1. The zero-order valence-electron chi connectivity index (χ0n) is 17.2. The van der Waals surface area contributed by atoms with Crippen molar-refractivity contribution in [3.63, 3.8) is 0 Å². The van der Waals surface area contributed by atoms with Gasteiger partial charge in [0, 0.05) is 24.8 Å². The normalized spacial score (nSPS) is 10.5. The predicted octanol–water partition coefficient (Wildman–Crippen LogP) is 5.15. The maximum Gasteiger partial charge on any atom is 0.257 e. The Morgan fingerprint density at radius 1 is 1.00 bits per heavy atom. The van der Waals surface area contributed by atoms with Crippen molar-refractivity contribution in [2.24, 2.45) is 0 Å². The molecule has 6 nitrogen and oxygen atoms in total. The van der Waals surface area contributed by atoms with Crippen LogP contribution in [0.25, 0.3) is 0 Å². The maximum absolute atomic E-state index is 12.8. The highest BCUT2D eigenvalue weighted by Gasteiger charge is 2.13. The number of carbonyl (C=O) groups excluding carboxylic acids is 2. The summed E-state index contributed by atoms with van der Waals surface area (Å²) in [7, 11) is 0. The maximum atomic E-state index is 12.8. The number of aromatic nitrogens is 1. The molecule has 6 heteroatoms. The van der Waals surface area contributed by atoms with E-state index in [9.17, 15) is 9.59 Å². The van der Waals surface area contributed by atoms with Crippen LogP contribution in [-0.4, -0.2) is 22.8 Å². The van der Waals surface area contributed by atoms with E-state index < -0.39 is 0 Å². The third kappa shape index (κ3) is 5.91. The fourth-order valence-electron chi connectivity index (χ4n) is 2.73. The molecule has 30 heavy (non-hydrogen) atoms. The molecule has 0 aliphatic heterocycles. The molecule has 0 radical (unpaired) electrons. The number of anilines is 1. The lowest BCUT2D eigenvalue weighted by molar-refractivity contribution is 0.101. The first-order chi connectivity index (χ1) is 14.4. The van der Waals surface area contributed by atoms with E-state index >= 15 is 0 Å². The van der Waals surface area contributed by atoms with E-state index in [1.807, 2.05) is 44.2 Å². The van der Waals surface area contributed by atoms with E-state index in [2.05, 4.69) is 10.3 Å². The molecule has 0 aliphatic rings. The average molecular weight is 406 g/mol. The Morgan fingerprint density at radius 2 is 1.73 bits per heavy atom. The lowest BCUT2D eigenvalue weighted by Gasteiger charge is -2.14. The number of pyridine rings is 1. The van der Waals surface area contributed by atoms with Gasteiger partial charge in [0.2, 0.25) is 0 Å². The van der Waals surface area contributed by atoms with Gasteiger partial charge in [-0.25, -0.2) is 4.98 Å². The topological polar surface area (TPSA) is 77.5 Å². The summed E-state index contributed by atoms with van der Waals surface area (Å²) in [6.45, 7) is 5.67. The van der Waals surface area contributed by atoms with Gasteiger partial charge < -0.3 is 14.8 Å². The summed E-state index contributed by atoms with van der Waals surface area (Å²) < 4.78 is 11.7. The average Bonchev–Trinajstić information content (AvgIpc) is 2.73. The fourth-order valence-corrected chi connectivity index (χ4v) is 2.73. The first-order valence-electron chi connectivity index (χ1n) is 9.67. The summed E-state index contributed by atoms with van der Waals surface area (Å²) in [5.74, 6) is 0.991. The molecule has 0 bridgehead atoms. The second kappa shape index (κ2) is 9.69. The smallest absolute Gasteiger partial charge is 0.257 e. The van der Waals surface area contributed by atoms with Crippen molar-refractivity contribution in [2.45, 2.75) is 33.5 Å². The van der Waals surface area contributed by atoms with Gasteiger partial charge in [-0.15, -0.1) is 0 Å².